The lowest BCUT2D eigenvalue weighted by molar-refractivity contribution is -0.0476. The minimum atomic E-state index is -0.242. The Morgan fingerprint density at radius 3 is 2.80 bits per heavy atom. The van der Waals surface area contributed by atoms with E-state index in [1.807, 2.05) is 19.1 Å². The van der Waals surface area contributed by atoms with Crippen molar-refractivity contribution in [2.24, 2.45) is 0 Å². The zero-order chi connectivity index (χ0) is 11.1. The van der Waals surface area contributed by atoms with E-state index in [2.05, 4.69) is 0 Å². The predicted molar refractivity (Wildman–Crippen MR) is 60.6 cm³/mol. The SMILES string of the molecule is C/C=C/[C@@H]1OC[C@H](COC(CCl)CCl)O1. The molecule has 0 N–H and O–H groups in total. The summed E-state index contributed by atoms with van der Waals surface area (Å²) < 4.78 is 16.3. The van der Waals surface area contributed by atoms with Gasteiger partial charge in [0.05, 0.1) is 19.3 Å². The molecule has 1 rings (SSSR count). The standard InChI is InChI=1S/C10H16Cl2O3/c1-2-3-10-14-7-9(15-10)6-13-8(4-11)5-12/h2-3,8-10H,4-7H2,1H3/b3-2+/t9-,10+/m0/s1. The molecule has 0 bridgehead atoms. The highest BCUT2D eigenvalue weighted by Crippen LogP contribution is 2.14. The maximum absolute atomic E-state index is 5.64. The monoisotopic (exact) mass is 254 g/mol. The van der Waals surface area contributed by atoms with Crippen molar-refractivity contribution in [3.05, 3.63) is 12.2 Å². The minimum absolute atomic E-state index is 0.0277. The first-order valence-electron chi connectivity index (χ1n) is 4.93. The van der Waals surface area contributed by atoms with E-state index >= 15 is 0 Å². The molecule has 0 aromatic heterocycles. The van der Waals surface area contributed by atoms with E-state index in [4.69, 9.17) is 37.4 Å². The molecule has 3 nitrogen and oxygen atoms in total. The smallest absolute Gasteiger partial charge is 0.177 e. The molecule has 1 aliphatic heterocycles. The van der Waals surface area contributed by atoms with Crippen LogP contribution in [0.2, 0.25) is 0 Å². The molecule has 15 heavy (non-hydrogen) atoms. The summed E-state index contributed by atoms with van der Waals surface area (Å²) in [5.74, 6) is 0.796. The summed E-state index contributed by atoms with van der Waals surface area (Å²) >= 11 is 11.3. The minimum Gasteiger partial charge on any atom is -0.373 e. The third kappa shape index (κ3) is 4.70. The lowest BCUT2D eigenvalue weighted by Crippen LogP contribution is -2.25. The summed E-state index contributed by atoms with van der Waals surface area (Å²) in [6, 6.07) is 0. The van der Waals surface area contributed by atoms with Crippen molar-refractivity contribution >= 4 is 23.2 Å². The van der Waals surface area contributed by atoms with Gasteiger partial charge in [0.2, 0.25) is 0 Å². The average molecular weight is 255 g/mol. The van der Waals surface area contributed by atoms with Crippen LogP contribution >= 0.6 is 23.2 Å². The van der Waals surface area contributed by atoms with Gasteiger partial charge < -0.3 is 14.2 Å². The molecular formula is C10H16Cl2O3. The van der Waals surface area contributed by atoms with Crippen molar-refractivity contribution in [2.45, 2.75) is 25.4 Å². The molecule has 0 saturated carbocycles. The normalized spacial score (nSPS) is 26.9. The van der Waals surface area contributed by atoms with Crippen molar-refractivity contribution in [2.75, 3.05) is 25.0 Å². The molecule has 88 valence electrons. The number of ether oxygens (including phenoxy) is 3. The Kier molecular flexibility index (Phi) is 6.61. The van der Waals surface area contributed by atoms with Gasteiger partial charge in [0, 0.05) is 11.8 Å². The first-order valence-corrected chi connectivity index (χ1v) is 6.00. The summed E-state index contributed by atoms with van der Waals surface area (Å²) in [7, 11) is 0. The Morgan fingerprint density at radius 2 is 2.20 bits per heavy atom. The fourth-order valence-electron chi connectivity index (χ4n) is 1.19. The molecule has 0 radical (unpaired) electrons. The van der Waals surface area contributed by atoms with Gasteiger partial charge in [-0.2, -0.15) is 0 Å². The van der Waals surface area contributed by atoms with Crippen LogP contribution in [0.25, 0.3) is 0 Å². The Bertz CT molecular complexity index is 195. The first-order chi connectivity index (χ1) is 7.30. The largest absolute Gasteiger partial charge is 0.373 e. The highest BCUT2D eigenvalue weighted by Gasteiger charge is 2.24. The van der Waals surface area contributed by atoms with Crippen LogP contribution in [-0.2, 0) is 14.2 Å². The van der Waals surface area contributed by atoms with Gasteiger partial charge in [-0.25, -0.2) is 0 Å². The molecule has 0 aromatic carbocycles. The van der Waals surface area contributed by atoms with E-state index in [9.17, 15) is 0 Å². The van der Waals surface area contributed by atoms with Gasteiger partial charge in [0.25, 0.3) is 0 Å². The van der Waals surface area contributed by atoms with Crippen LogP contribution in [0.4, 0.5) is 0 Å². The Balaban J connectivity index is 2.18. The molecule has 1 heterocycles. The second-order valence-corrected chi connectivity index (χ2v) is 3.87. The summed E-state index contributed by atoms with van der Waals surface area (Å²) in [5, 5.41) is 0. The number of alkyl halides is 2. The molecule has 5 heteroatoms. The zero-order valence-electron chi connectivity index (χ0n) is 8.70. The molecule has 0 unspecified atom stereocenters. The van der Waals surface area contributed by atoms with E-state index < -0.39 is 0 Å². The van der Waals surface area contributed by atoms with Gasteiger partial charge in [-0.3, -0.25) is 0 Å². The highest BCUT2D eigenvalue weighted by molar-refractivity contribution is 6.21. The molecule has 0 amide bonds. The molecule has 0 aliphatic carbocycles. The molecular weight excluding hydrogens is 239 g/mol. The molecule has 0 aromatic rings. The fraction of sp³-hybridized carbons (Fsp3) is 0.800. The lowest BCUT2D eigenvalue weighted by Gasteiger charge is -2.14. The van der Waals surface area contributed by atoms with Crippen molar-refractivity contribution in [3.8, 4) is 0 Å². The molecule has 1 aliphatic rings. The topological polar surface area (TPSA) is 27.7 Å². The van der Waals surface area contributed by atoms with Crippen LogP contribution < -0.4 is 0 Å². The highest BCUT2D eigenvalue weighted by atomic mass is 35.5. The quantitative estimate of drug-likeness (QED) is 0.537. The molecule has 1 saturated heterocycles. The van der Waals surface area contributed by atoms with Gasteiger partial charge in [-0.1, -0.05) is 6.08 Å². The number of rotatable bonds is 6. The van der Waals surface area contributed by atoms with Crippen molar-refractivity contribution < 1.29 is 14.2 Å². The van der Waals surface area contributed by atoms with Crippen molar-refractivity contribution in [1.29, 1.82) is 0 Å². The van der Waals surface area contributed by atoms with Gasteiger partial charge in [0.1, 0.15) is 6.10 Å². The average Bonchev–Trinajstić information content (AvgIpc) is 2.68. The maximum atomic E-state index is 5.64. The van der Waals surface area contributed by atoms with Crippen molar-refractivity contribution in [3.63, 3.8) is 0 Å². The molecule has 2 atom stereocenters. The number of hydrogen-bond acceptors (Lipinski definition) is 3. The molecule has 1 fully saturated rings. The van der Waals surface area contributed by atoms with Crippen LogP contribution in [0.3, 0.4) is 0 Å². The fourth-order valence-corrected chi connectivity index (χ4v) is 1.70. The Hall–Kier alpha value is 0.200. The summed E-state index contributed by atoms with van der Waals surface area (Å²) in [6.45, 7) is 2.94. The predicted octanol–water partition coefficient (Wildman–Crippen LogP) is 2.17. The number of allylic oxidation sites excluding steroid dienone is 1. The zero-order valence-corrected chi connectivity index (χ0v) is 10.2. The van der Waals surface area contributed by atoms with Gasteiger partial charge in [-0.05, 0) is 13.0 Å². The van der Waals surface area contributed by atoms with Crippen LogP contribution in [-0.4, -0.2) is 43.5 Å². The van der Waals surface area contributed by atoms with Gasteiger partial charge in [-0.15, -0.1) is 23.2 Å². The van der Waals surface area contributed by atoms with E-state index in [0.29, 0.717) is 25.0 Å². The van der Waals surface area contributed by atoms with Crippen molar-refractivity contribution in [1.82, 2.24) is 0 Å². The summed E-state index contributed by atoms with van der Waals surface area (Å²) in [6.07, 6.45) is 3.38. The van der Waals surface area contributed by atoms with Crippen LogP contribution in [0, 0.1) is 0 Å². The van der Waals surface area contributed by atoms with Gasteiger partial charge >= 0.3 is 0 Å². The second-order valence-electron chi connectivity index (χ2n) is 3.25. The van der Waals surface area contributed by atoms with E-state index in [1.165, 1.54) is 0 Å². The van der Waals surface area contributed by atoms with Crippen LogP contribution in [0.1, 0.15) is 6.92 Å². The Morgan fingerprint density at radius 1 is 1.47 bits per heavy atom. The third-order valence-corrected chi connectivity index (χ3v) is 2.67. The first kappa shape index (κ1) is 13.3. The van der Waals surface area contributed by atoms with Crippen LogP contribution in [0.15, 0.2) is 12.2 Å². The summed E-state index contributed by atoms with van der Waals surface area (Å²) in [5.41, 5.74) is 0. The third-order valence-electron chi connectivity index (χ3n) is 1.98. The second kappa shape index (κ2) is 7.47. The van der Waals surface area contributed by atoms with Gasteiger partial charge in [0.15, 0.2) is 6.29 Å². The maximum Gasteiger partial charge on any atom is 0.177 e. The summed E-state index contributed by atoms with van der Waals surface area (Å²) in [4.78, 5) is 0. The number of hydrogen-bond donors (Lipinski definition) is 0. The van der Waals surface area contributed by atoms with Crippen LogP contribution in [0.5, 0.6) is 0 Å². The lowest BCUT2D eigenvalue weighted by atomic mass is 10.4. The van der Waals surface area contributed by atoms with E-state index in [-0.39, 0.29) is 18.5 Å². The number of halogens is 2. The molecule has 0 spiro atoms. The Labute approximate surface area is 100 Å². The van der Waals surface area contributed by atoms with E-state index in [0.717, 1.165) is 0 Å². The van der Waals surface area contributed by atoms with E-state index in [1.54, 1.807) is 0 Å².